The van der Waals surface area contributed by atoms with E-state index in [1.807, 2.05) is 24.3 Å². The van der Waals surface area contributed by atoms with E-state index in [0.717, 1.165) is 22.8 Å². The molecule has 0 fully saturated rings. The highest BCUT2D eigenvalue weighted by molar-refractivity contribution is 6.03. The van der Waals surface area contributed by atoms with Crippen LogP contribution in [0.1, 0.15) is 38.4 Å². The third-order valence-electron chi connectivity index (χ3n) is 5.34. The van der Waals surface area contributed by atoms with Gasteiger partial charge in [0.1, 0.15) is 23.0 Å². The van der Waals surface area contributed by atoms with Crippen LogP contribution in [-0.2, 0) is 4.74 Å². The third-order valence-corrected chi connectivity index (χ3v) is 5.34. The van der Waals surface area contributed by atoms with Crippen molar-refractivity contribution in [2.45, 2.75) is 32.8 Å². The molecule has 0 aromatic heterocycles. The van der Waals surface area contributed by atoms with Gasteiger partial charge in [0.05, 0.1) is 45.3 Å². The van der Waals surface area contributed by atoms with Crippen LogP contribution in [0.2, 0.25) is 0 Å². The van der Waals surface area contributed by atoms with E-state index in [4.69, 9.17) is 28.8 Å². The number of benzene rings is 2. The maximum Gasteiger partial charge on any atom is 0.136 e. The van der Waals surface area contributed by atoms with Crippen LogP contribution in [0, 0.1) is 5.41 Å². The van der Waals surface area contributed by atoms with Crippen LogP contribution >= 0.6 is 0 Å². The average Bonchev–Trinajstić information content (AvgIpc) is 2.77. The van der Waals surface area contributed by atoms with E-state index in [1.54, 1.807) is 28.4 Å². The topological polar surface area (TPSA) is 66.4 Å². The highest BCUT2D eigenvalue weighted by Gasteiger charge is 2.34. The normalized spacial score (nSPS) is 12.5. The standard InChI is InChI=1S/C24H34O6/c1-8-24(2,3)23(30-14-10-9-13-25)16-15-19(28-6)20-17(26-4)11-12-18(27-5)21(20)22(16)29-7/h8,11-12,15,23,25H,1,9-10,13-14H2,2-7H3. The monoisotopic (exact) mass is 418 g/mol. The predicted molar refractivity (Wildman–Crippen MR) is 119 cm³/mol. The molecule has 1 unspecified atom stereocenters. The van der Waals surface area contributed by atoms with Gasteiger partial charge < -0.3 is 28.8 Å². The fraction of sp³-hybridized carbons (Fsp3) is 0.500. The minimum atomic E-state index is -0.392. The van der Waals surface area contributed by atoms with Gasteiger partial charge in [0.2, 0.25) is 0 Å². The Morgan fingerprint density at radius 2 is 1.53 bits per heavy atom. The summed E-state index contributed by atoms with van der Waals surface area (Å²) in [6.45, 7) is 8.78. The van der Waals surface area contributed by atoms with E-state index in [9.17, 15) is 0 Å². The van der Waals surface area contributed by atoms with E-state index in [0.29, 0.717) is 36.0 Å². The summed E-state index contributed by atoms with van der Waals surface area (Å²) in [5.41, 5.74) is 0.444. The molecular formula is C24H34O6. The number of methoxy groups -OCH3 is 4. The van der Waals surface area contributed by atoms with E-state index in [2.05, 4.69) is 20.4 Å². The minimum Gasteiger partial charge on any atom is -0.496 e. The van der Waals surface area contributed by atoms with Crippen LogP contribution in [0.4, 0.5) is 0 Å². The molecule has 0 spiro atoms. The number of aliphatic hydroxyl groups is 1. The number of fused-ring (bicyclic) bond motifs is 1. The van der Waals surface area contributed by atoms with Crippen LogP contribution in [0.15, 0.2) is 30.9 Å². The fourth-order valence-corrected chi connectivity index (χ4v) is 3.60. The number of unbranched alkanes of at least 4 members (excludes halogenated alkanes) is 1. The Morgan fingerprint density at radius 3 is 2.03 bits per heavy atom. The lowest BCUT2D eigenvalue weighted by Gasteiger charge is -2.33. The maximum absolute atomic E-state index is 9.10. The smallest absolute Gasteiger partial charge is 0.136 e. The molecule has 1 atom stereocenters. The van der Waals surface area contributed by atoms with Crippen molar-refractivity contribution in [2.24, 2.45) is 5.41 Å². The molecule has 30 heavy (non-hydrogen) atoms. The van der Waals surface area contributed by atoms with Gasteiger partial charge in [-0.2, -0.15) is 0 Å². The fourth-order valence-electron chi connectivity index (χ4n) is 3.60. The predicted octanol–water partition coefficient (Wildman–Crippen LogP) is 4.92. The number of hydrogen-bond acceptors (Lipinski definition) is 6. The summed E-state index contributed by atoms with van der Waals surface area (Å²) < 4.78 is 29.2. The molecule has 0 saturated heterocycles. The van der Waals surface area contributed by atoms with Gasteiger partial charge >= 0.3 is 0 Å². The zero-order valence-corrected chi connectivity index (χ0v) is 18.9. The Balaban J connectivity index is 2.81. The Bertz CT molecular complexity index is 859. The summed E-state index contributed by atoms with van der Waals surface area (Å²) in [5, 5.41) is 10.6. The second-order valence-corrected chi connectivity index (χ2v) is 7.63. The molecule has 0 radical (unpaired) electrons. The molecule has 0 saturated carbocycles. The summed E-state index contributed by atoms with van der Waals surface area (Å²) in [6, 6.07) is 5.63. The van der Waals surface area contributed by atoms with Crippen LogP contribution in [0.3, 0.4) is 0 Å². The number of hydrogen-bond donors (Lipinski definition) is 1. The van der Waals surface area contributed by atoms with Crippen molar-refractivity contribution in [3.63, 3.8) is 0 Å². The Labute approximate surface area is 179 Å². The molecular weight excluding hydrogens is 384 g/mol. The second-order valence-electron chi connectivity index (χ2n) is 7.63. The van der Waals surface area contributed by atoms with E-state index < -0.39 is 5.41 Å². The quantitative estimate of drug-likeness (QED) is 0.390. The highest BCUT2D eigenvalue weighted by Crippen LogP contribution is 2.51. The molecule has 0 bridgehead atoms. The summed E-state index contributed by atoms with van der Waals surface area (Å²) >= 11 is 0. The molecule has 6 nitrogen and oxygen atoms in total. The lowest BCUT2D eigenvalue weighted by molar-refractivity contribution is -0.0114. The molecule has 166 valence electrons. The maximum atomic E-state index is 9.10. The summed E-state index contributed by atoms with van der Waals surface area (Å²) in [4.78, 5) is 0. The first-order valence-electron chi connectivity index (χ1n) is 10.1. The summed E-state index contributed by atoms with van der Waals surface area (Å²) in [7, 11) is 6.50. The Hall–Kier alpha value is -2.44. The molecule has 0 heterocycles. The van der Waals surface area contributed by atoms with E-state index in [-0.39, 0.29) is 12.7 Å². The summed E-state index contributed by atoms with van der Waals surface area (Å²) in [5.74, 6) is 2.60. The van der Waals surface area contributed by atoms with Crippen molar-refractivity contribution in [3.05, 3.63) is 36.4 Å². The van der Waals surface area contributed by atoms with Gasteiger partial charge in [0, 0.05) is 24.2 Å². The number of ether oxygens (including phenoxy) is 5. The van der Waals surface area contributed by atoms with Crippen molar-refractivity contribution in [1.29, 1.82) is 0 Å². The van der Waals surface area contributed by atoms with Crippen LogP contribution in [0.25, 0.3) is 10.8 Å². The number of rotatable bonds is 12. The first-order valence-corrected chi connectivity index (χ1v) is 10.1. The first-order chi connectivity index (χ1) is 14.4. The van der Waals surface area contributed by atoms with Gasteiger partial charge in [0.15, 0.2) is 0 Å². The van der Waals surface area contributed by atoms with Crippen molar-refractivity contribution in [2.75, 3.05) is 41.7 Å². The van der Waals surface area contributed by atoms with Crippen molar-refractivity contribution < 1.29 is 28.8 Å². The number of aliphatic hydroxyl groups excluding tert-OH is 1. The molecule has 1 N–H and O–H groups in total. The van der Waals surface area contributed by atoms with Crippen LogP contribution < -0.4 is 18.9 Å². The zero-order valence-electron chi connectivity index (χ0n) is 18.9. The van der Waals surface area contributed by atoms with Gasteiger partial charge in [-0.25, -0.2) is 0 Å². The third kappa shape index (κ3) is 4.65. The first kappa shape index (κ1) is 23.8. The second kappa shape index (κ2) is 10.5. The average molecular weight is 419 g/mol. The SMILES string of the molecule is C=CC(C)(C)C(OCCCCO)c1cc(OC)c2c(OC)ccc(OC)c2c1OC. The zero-order chi connectivity index (χ0) is 22.3. The molecule has 0 aliphatic rings. The molecule has 2 rings (SSSR count). The van der Waals surface area contributed by atoms with Crippen molar-refractivity contribution >= 4 is 10.8 Å². The molecule has 0 aliphatic carbocycles. The van der Waals surface area contributed by atoms with Crippen LogP contribution in [0.5, 0.6) is 23.0 Å². The van der Waals surface area contributed by atoms with Crippen LogP contribution in [-0.4, -0.2) is 46.8 Å². The van der Waals surface area contributed by atoms with Gasteiger partial charge in [0.25, 0.3) is 0 Å². The van der Waals surface area contributed by atoms with E-state index >= 15 is 0 Å². The lowest BCUT2D eigenvalue weighted by atomic mass is 9.81. The summed E-state index contributed by atoms with van der Waals surface area (Å²) in [6.07, 6.45) is 2.97. The Morgan fingerprint density at radius 1 is 0.933 bits per heavy atom. The van der Waals surface area contributed by atoms with E-state index in [1.165, 1.54) is 0 Å². The van der Waals surface area contributed by atoms with Crippen molar-refractivity contribution in [3.8, 4) is 23.0 Å². The highest BCUT2D eigenvalue weighted by atomic mass is 16.5. The molecule has 0 aliphatic heterocycles. The van der Waals surface area contributed by atoms with Gasteiger partial charge in [-0.15, -0.1) is 6.58 Å². The minimum absolute atomic E-state index is 0.142. The van der Waals surface area contributed by atoms with Crippen molar-refractivity contribution in [1.82, 2.24) is 0 Å². The lowest BCUT2D eigenvalue weighted by Crippen LogP contribution is -2.24. The molecule has 2 aromatic rings. The largest absolute Gasteiger partial charge is 0.496 e. The van der Waals surface area contributed by atoms with Gasteiger partial charge in [-0.05, 0) is 31.0 Å². The molecule has 6 heteroatoms. The Kier molecular flexibility index (Phi) is 8.38. The van der Waals surface area contributed by atoms with Gasteiger partial charge in [-0.3, -0.25) is 0 Å². The van der Waals surface area contributed by atoms with Gasteiger partial charge in [-0.1, -0.05) is 19.9 Å². The molecule has 2 aromatic carbocycles. The molecule has 0 amide bonds.